The van der Waals surface area contributed by atoms with Crippen LogP contribution in [0.1, 0.15) is 30.0 Å². The molecule has 2 aromatic carbocycles. The minimum atomic E-state index is -0.0740. The van der Waals surface area contributed by atoms with Crippen LogP contribution in [0.4, 0.5) is 0 Å². The molecule has 4 heteroatoms. The SMILES string of the molecule is O=C(NC1CC1)[C@@H](c1ccccc1)[NH+]1CC[NH+](Cc2ccccc2)CC1. The highest BCUT2D eigenvalue weighted by Crippen LogP contribution is 2.20. The van der Waals surface area contributed by atoms with Gasteiger partial charge < -0.3 is 15.1 Å². The highest BCUT2D eigenvalue weighted by molar-refractivity contribution is 5.82. The van der Waals surface area contributed by atoms with E-state index in [9.17, 15) is 4.79 Å². The molecule has 2 fully saturated rings. The summed E-state index contributed by atoms with van der Waals surface area (Å²) in [5.74, 6) is 0.209. The quantitative estimate of drug-likeness (QED) is 0.673. The van der Waals surface area contributed by atoms with Gasteiger partial charge in [-0.3, -0.25) is 4.79 Å². The predicted molar refractivity (Wildman–Crippen MR) is 102 cm³/mol. The summed E-state index contributed by atoms with van der Waals surface area (Å²) in [5.41, 5.74) is 2.55. The Labute approximate surface area is 155 Å². The first-order valence-electron chi connectivity index (χ1n) is 9.87. The molecule has 4 nitrogen and oxygen atoms in total. The number of hydrogen-bond acceptors (Lipinski definition) is 1. The van der Waals surface area contributed by atoms with E-state index in [4.69, 9.17) is 0 Å². The zero-order chi connectivity index (χ0) is 17.8. The minimum absolute atomic E-state index is 0.0740. The zero-order valence-corrected chi connectivity index (χ0v) is 15.3. The topological polar surface area (TPSA) is 38.0 Å². The van der Waals surface area contributed by atoms with Crippen molar-refractivity contribution in [2.24, 2.45) is 0 Å². The fraction of sp³-hybridized carbons (Fsp3) is 0.409. The number of amides is 1. The molecule has 1 saturated carbocycles. The van der Waals surface area contributed by atoms with Crippen molar-refractivity contribution in [1.29, 1.82) is 0 Å². The van der Waals surface area contributed by atoms with E-state index in [-0.39, 0.29) is 11.9 Å². The van der Waals surface area contributed by atoms with Crippen LogP contribution in [0.5, 0.6) is 0 Å². The second-order valence-corrected chi connectivity index (χ2v) is 7.70. The largest absolute Gasteiger partial charge is 0.348 e. The van der Waals surface area contributed by atoms with Crippen LogP contribution in [0.25, 0.3) is 0 Å². The number of nitrogens with one attached hydrogen (secondary N) is 3. The lowest BCUT2D eigenvalue weighted by atomic mass is 10.0. The molecule has 4 rings (SSSR count). The van der Waals surface area contributed by atoms with E-state index in [2.05, 4.69) is 47.8 Å². The van der Waals surface area contributed by atoms with E-state index in [1.54, 1.807) is 4.90 Å². The summed E-state index contributed by atoms with van der Waals surface area (Å²) in [7, 11) is 0. The average Bonchev–Trinajstić information content (AvgIpc) is 3.49. The highest BCUT2D eigenvalue weighted by Gasteiger charge is 2.37. The van der Waals surface area contributed by atoms with Crippen LogP contribution in [-0.4, -0.2) is 38.1 Å². The fourth-order valence-electron chi connectivity index (χ4n) is 4.00. The first-order chi connectivity index (χ1) is 12.8. The molecular formula is C22H29N3O+2. The zero-order valence-electron chi connectivity index (χ0n) is 15.3. The third-order valence-electron chi connectivity index (χ3n) is 5.62. The summed E-state index contributed by atoms with van der Waals surface area (Å²) in [4.78, 5) is 16.0. The van der Waals surface area contributed by atoms with E-state index in [1.807, 2.05) is 18.2 Å². The molecule has 0 radical (unpaired) electrons. The van der Waals surface area contributed by atoms with Crippen molar-refractivity contribution in [2.75, 3.05) is 26.2 Å². The normalized spacial score (nSPS) is 24.0. The van der Waals surface area contributed by atoms with Gasteiger partial charge in [0.25, 0.3) is 5.91 Å². The van der Waals surface area contributed by atoms with Crippen molar-refractivity contribution in [3.63, 3.8) is 0 Å². The second kappa shape index (κ2) is 8.02. The van der Waals surface area contributed by atoms with Gasteiger partial charge in [-0.2, -0.15) is 0 Å². The molecule has 0 spiro atoms. The molecule has 1 atom stereocenters. The Kier molecular flexibility index (Phi) is 5.32. The van der Waals surface area contributed by atoms with E-state index < -0.39 is 0 Å². The number of piperazine rings is 1. The third kappa shape index (κ3) is 4.32. The summed E-state index contributed by atoms with van der Waals surface area (Å²) in [6, 6.07) is 21.4. The van der Waals surface area contributed by atoms with E-state index >= 15 is 0 Å². The Balaban J connectivity index is 1.41. The van der Waals surface area contributed by atoms with Crippen LogP contribution in [0.3, 0.4) is 0 Å². The molecule has 2 aliphatic rings. The van der Waals surface area contributed by atoms with Gasteiger partial charge in [-0.05, 0) is 12.8 Å². The summed E-state index contributed by atoms with van der Waals surface area (Å²) in [6.45, 7) is 5.40. The molecule has 1 heterocycles. The molecule has 136 valence electrons. The molecule has 0 aromatic heterocycles. The average molecular weight is 351 g/mol. The van der Waals surface area contributed by atoms with Crippen LogP contribution >= 0.6 is 0 Å². The minimum Gasteiger partial charge on any atom is -0.348 e. The number of quaternary nitrogens is 2. The molecule has 1 aliphatic carbocycles. The Hall–Kier alpha value is -2.17. The Morgan fingerprint density at radius 1 is 0.923 bits per heavy atom. The standard InChI is InChI=1S/C22H27N3O/c26-22(23-20-11-12-20)21(19-9-5-2-6-10-19)25-15-13-24(14-16-25)17-18-7-3-1-4-8-18/h1-10,20-21H,11-17H2,(H,23,26)/p+2/t21-/m1/s1. The molecule has 0 bridgehead atoms. The molecule has 1 aliphatic heterocycles. The van der Waals surface area contributed by atoms with Crippen molar-refractivity contribution < 1.29 is 14.6 Å². The van der Waals surface area contributed by atoms with Gasteiger partial charge in [0.05, 0.1) is 0 Å². The summed E-state index contributed by atoms with van der Waals surface area (Å²) in [6.07, 6.45) is 2.27. The summed E-state index contributed by atoms with van der Waals surface area (Å²) >= 11 is 0. The van der Waals surface area contributed by atoms with Crippen molar-refractivity contribution >= 4 is 5.91 Å². The van der Waals surface area contributed by atoms with E-state index in [0.29, 0.717) is 6.04 Å². The fourth-order valence-corrected chi connectivity index (χ4v) is 4.00. The maximum atomic E-state index is 12.9. The Morgan fingerprint density at radius 3 is 2.15 bits per heavy atom. The molecule has 3 N–H and O–H groups in total. The number of carbonyl (C=O) groups is 1. The van der Waals surface area contributed by atoms with Gasteiger partial charge in [0.1, 0.15) is 32.7 Å². The number of carbonyl (C=O) groups excluding carboxylic acids is 1. The first kappa shape index (κ1) is 17.3. The molecule has 1 saturated heterocycles. The number of hydrogen-bond donors (Lipinski definition) is 3. The summed E-state index contributed by atoms with van der Waals surface area (Å²) < 4.78 is 0. The predicted octanol–water partition coefficient (Wildman–Crippen LogP) is -0.0101. The lowest BCUT2D eigenvalue weighted by molar-refractivity contribution is -1.03. The number of rotatable bonds is 6. The van der Waals surface area contributed by atoms with Crippen LogP contribution in [0, 0.1) is 0 Å². The van der Waals surface area contributed by atoms with Crippen molar-refractivity contribution in [3.8, 4) is 0 Å². The van der Waals surface area contributed by atoms with Gasteiger partial charge in [-0.15, -0.1) is 0 Å². The van der Waals surface area contributed by atoms with Gasteiger partial charge in [0, 0.05) is 17.2 Å². The second-order valence-electron chi connectivity index (χ2n) is 7.70. The van der Waals surface area contributed by atoms with Crippen molar-refractivity contribution in [1.82, 2.24) is 5.32 Å². The summed E-state index contributed by atoms with van der Waals surface area (Å²) in [5, 5.41) is 3.23. The highest BCUT2D eigenvalue weighted by atomic mass is 16.2. The van der Waals surface area contributed by atoms with E-state index in [1.165, 1.54) is 10.5 Å². The lowest BCUT2D eigenvalue weighted by Gasteiger charge is -2.34. The van der Waals surface area contributed by atoms with Gasteiger partial charge in [-0.25, -0.2) is 0 Å². The third-order valence-corrected chi connectivity index (χ3v) is 5.62. The van der Waals surface area contributed by atoms with E-state index in [0.717, 1.165) is 51.1 Å². The number of benzene rings is 2. The van der Waals surface area contributed by atoms with Gasteiger partial charge in [0.15, 0.2) is 6.04 Å². The monoisotopic (exact) mass is 351 g/mol. The maximum absolute atomic E-state index is 12.9. The first-order valence-corrected chi connectivity index (χ1v) is 9.87. The molecular weight excluding hydrogens is 322 g/mol. The van der Waals surface area contributed by atoms with Crippen LogP contribution < -0.4 is 15.1 Å². The maximum Gasteiger partial charge on any atom is 0.283 e. The smallest absolute Gasteiger partial charge is 0.283 e. The van der Waals surface area contributed by atoms with Crippen molar-refractivity contribution in [3.05, 3.63) is 71.8 Å². The Bertz CT molecular complexity index is 707. The van der Waals surface area contributed by atoms with Crippen molar-refractivity contribution in [2.45, 2.75) is 31.5 Å². The molecule has 0 unspecified atom stereocenters. The van der Waals surface area contributed by atoms with Gasteiger partial charge in [-0.1, -0.05) is 60.7 Å². The molecule has 1 amide bonds. The Morgan fingerprint density at radius 2 is 1.54 bits per heavy atom. The lowest BCUT2D eigenvalue weighted by Crippen LogP contribution is -3.28. The molecule has 2 aromatic rings. The van der Waals surface area contributed by atoms with Crippen LogP contribution in [-0.2, 0) is 11.3 Å². The van der Waals surface area contributed by atoms with Gasteiger partial charge >= 0.3 is 0 Å². The van der Waals surface area contributed by atoms with Crippen LogP contribution in [0.2, 0.25) is 0 Å². The van der Waals surface area contributed by atoms with Gasteiger partial charge in [0.2, 0.25) is 0 Å². The van der Waals surface area contributed by atoms with Crippen LogP contribution in [0.15, 0.2) is 60.7 Å². The molecule has 26 heavy (non-hydrogen) atoms.